The van der Waals surface area contributed by atoms with E-state index in [-0.39, 0.29) is 0 Å². The van der Waals surface area contributed by atoms with Gasteiger partial charge in [-0.15, -0.1) is 0 Å². The Kier molecular flexibility index (Phi) is 12.8. The molecule has 4 aliphatic heterocycles. The first kappa shape index (κ1) is 37.0. The van der Waals surface area contributed by atoms with Gasteiger partial charge in [0.15, 0.2) is 25.2 Å². The maximum Gasteiger partial charge on any atom is 0.187 e. The summed E-state index contributed by atoms with van der Waals surface area (Å²) in [4.78, 5) is 0. The van der Waals surface area contributed by atoms with Gasteiger partial charge in [-0.25, -0.2) is 0 Å². The van der Waals surface area contributed by atoms with Crippen molar-refractivity contribution < 1.29 is 105 Å². The number of rotatable bonds is 10. The molecule has 4 aliphatic rings. The van der Waals surface area contributed by atoms with E-state index in [1.807, 2.05) is 0 Å². The molecule has 0 aliphatic carbocycles. The molecule has 21 nitrogen and oxygen atoms in total. The molecule has 1 unspecified atom stereocenters. The third kappa shape index (κ3) is 7.75. The number of ether oxygens (including phenoxy) is 7. The zero-order valence-corrected chi connectivity index (χ0v) is 23.5. The van der Waals surface area contributed by atoms with Crippen LogP contribution in [-0.2, 0) is 33.2 Å². The highest BCUT2D eigenvalue weighted by atomic mass is 16.8. The molecule has 4 rings (SSSR count). The molecular formula is C24H42O21. The topological polar surface area (TPSA) is 348 Å². The maximum absolute atomic E-state index is 10.7. The van der Waals surface area contributed by atoms with Crippen LogP contribution in [0.5, 0.6) is 0 Å². The fourth-order valence-corrected chi connectivity index (χ4v) is 5.33. The standard InChI is InChI=1S/C24H42O21/c25-1-5-9(27)13(31)18(36)24(42-5)45-20-6(2-26)43-23(19(37)15(20)33)40-4-8-11(29)14(32)17(35)22(44-8)39-3-7-10(28)12(30)16(34)21(38)41-7/h5-38H,1-4H2/t5-,6-,7-,8-,9-,10-,11+,12+,13+,14+,15-,16-,17-,18-,19-,20-,21?,22+,23-,24-/m1/s1. The summed E-state index contributed by atoms with van der Waals surface area (Å²) in [6.07, 6.45) is -34.3. The van der Waals surface area contributed by atoms with E-state index in [1.54, 1.807) is 0 Å². The molecule has 0 radical (unpaired) electrons. The first-order chi connectivity index (χ1) is 21.2. The van der Waals surface area contributed by atoms with E-state index in [0.29, 0.717) is 0 Å². The molecule has 0 bridgehead atoms. The van der Waals surface area contributed by atoms with Gasteiger partial charge in [-0.05, 0) is 0 Å². The average Bonchev–Trinajstić information content (AvgIpc) is 3.03. The van der Waals surface area contributed by atoms with Gasteiger partial charge in [0.25, 0.3) is 0 Å². The van der Waals surface area contributed by atoms with Crippen molar-refractivity contribution in [2.24, 2.45) is 0 Å². The van der Waals surface area contributed by atoms with Gasteiger partial charge in [-0.2, -0.15) is 0 Å². The van der Waals surface area contributed by atoms with Crippen LogP contribution in [-0.4, -0.2) is 221 Å². The fourth-order valence-electron chi connectivity index (χ4n) is 5.33. The van der Waals surface area contributed by atoms with E-state index >= 15 is 0 Å². The summed E-state index contributed by atoms with van der Waals surface area (Å²) in [5, 5.41) is 141. The molecule has 0 amide bonds. The highest BCUT2D eigenvalue weighted by Gasteiger charge is 2.52. The number of aliphatic hydroxyl groups is 14. The lowest BCUT2D eigenvalue weighted by Crippen LogP contribution is -2.65. The first-order valence-electron chi connectivity index (χ1n) is 14.1. The van der Waals surface area contributed by atoms with Crippen LogP contribution in [0.2, 0.25) is 0 Å². The van der Waals surface area contributed by atoms with E-state index < -0.39 is 149 Å². The van der Waals surface area contributed by atoms with Gasteiger partial charge in [0.2, 0.25) is 0 Å². The summed E-state index contributed by atoms with van der Waals surface area (Å²) >= 11 is 0. The lowest BCUT2D eigenvalue weighted by Gasteiger charge is -2.46. The van der Waals surface area contributed by atoms with Gasteiger partial charge in [0.1, 0.15) is 97.7 Å². The Morgan fingerprint density at radius 2 is 0.778 bits per heavy atom. The molecule has 0 spiro atoms. The average molecular weight is 667 g/mol. The number of hydrogen-bond acceptors (Lipinski definition) is 21. The zero-order chi connectivity index (χ0) is 33.3. The smallest absolute Gasteiger partial charge is 0.187 e. The van der Waals surface area contributed by atoms with Crippen molar-refractivity contribution in [2.45, 2.75) is 123 Å². The molecule has 264 valence electrons. The summed E-state index contributed by atoms with van der Waals surface area (Å²) in [6, 6.07) is 0. The summed E-state index contributed by atoms with van der Waals surface area (Å²) in [5.41, 5.74) is 0. The molecule has 0 aromatic carbocycles. The molecule has 4 saturated heterocycles. The molecule has 0 aromatic heterocycles. The third-order valence-electron chi connectivity index (χ3n) is 8.17. The SMILES string of the molecule is OC[C@H]1O[C@H](O[C@H]2[C@H](O)[C@@H](O)[C@H](OC[C@H]3O[C@H](OC[C@H]4OC(O)[C@H](O)[C@@H](O)[C@@H]4O)[C@H](O)[C@@H](O)[C@H]3O)O[C@@H]2CO)[C@H](O)[C@@H](O)[C@@H]1O. The van der Waals surface area contributed by atoms with Crippen molar-refractivity contribution in [1.82, 2.24) is 0 Å². The van der Waals surface area contributed by atoms with Crippen molar-refractivity contribution in [3.63, 3.8) is 0 Å². The van der Waals surface area contributed by atoms with E-state index in [2.05, 4.69) is 0 Å². The quantitative estimate of drug-likeness (QED) is 0.103. The highest BCUT2D eigenvalue weighted by Crippen LogP contribution is 2.31. The van der Waals surface area contributed by atoms with E-state index in [0.717, 1.165) is 0 Å². The van der Waals surface area contributed by atoms with Crippen LogP contribution in [0, 0.1) is 0 Å². The van der Waals surface area contributed by atoms with Gasteiger partial charge in [0.05, 0.1) is 26.4 Å². The van der Waals surface area contributed by atoms with Crippen molar-refractivity contribution in [3.8, 4) is 0 Å². The molecule has 0 saturated carbocycles. The Morgan fingerprint density at radius 1 is 0.378 bits per heavy atom. The van der Waals surface area contributed by atoms with Crippen LogP contribution in [0.4, 0.5) is 0 Å². The lowest BCUT2D eigenvalue weighted by molar-refractivity contribution is -0.365. The van der Waals surface area contributed by atoms with Gasteiger partial charge in [-0.1, -0.05) is 0 Å². The van der Waals surface area contributed by atoms with E-state index in [1.165, 1.54) is 0 Å². The zero-order valence-electron chi connectivity index (χ0n) is 23.5. The normalized spacial score (nSPS) is 52.9. The third-order valence-corrected chi connectivity index (χ3v) is 8.17. The minimum absolute atomic E-state index is 0.634. The Labute approximate surface area is 254 Å². The highest BCUT2D eigenvalue weighted by molar-refractivity contribution is 4.95. The molecule has 0 aromatic rings. The van der Waals surface area contributed by atoms with Gasteiger partial charge in [-0.3, -0.25) is 0 Å². The minimum atomic E-state index is -1.91. The molecule has 4 heterocycles. The lowest BCUT2D eigenvalue weighted by atomic mass is 9.97. The second kappa shape index (κ2) is 15.6. The first-order valence-corrected chi connectivity index (χ1v) is 14.1. The van der Waals surface area contributed by atoms with E-state index in [4.69, 9.17) is 33.2 Å². The summed E-state index contributed by atoms with van der Waals surface area (Å²) < 4.78 is 37.4. The Balaban J connectivity index is 1.35. The maximum atomic E-state index is 10.7. The van der Waals surface area contributed by atoms with Crippen LogP contribution < -0.4 is 0 Å². The molecule has 4 fully saturated rings. The molecule has 14 N–H and O–H groups in total. The second-order valence-electron chi connectivity index (χ2n) is 11.2. The predicted octanol–water partition coefficient (Wildman–Crippen LogP) is -9.75. The Morgan fingerprint density at radius 3 is 1.31 bits per heavy atom. The molecule has 20 atom stereocenters. The summed E-state index contributed by atoms with van der Waals surface area (Å²) in [6.45, 7) is -2.92. The van der Waals surface area contributed by atoms with Crippen molar-refractivity contribution >= 4 is 0 Å². The Hall–Kier alpha value is -0.840. The summed E-state index contributed by atoms with van der Waals surface area (Å²) in [7, 11) is 0. The van der Waals surface area contributed by atoms with Gasteiger partial charge in [0, 0.05) is 0 Å². The minimum Gasteiger partial charge on any atom is -0.394 e. The van der Waals surface area contributed by atoms with Crippen LogP contribution in [0.1, 0.15) is 0 Å². The molecule has 45 heavy (non-hydrogen) atoms. The largest absolute Gasteiger partial charge is 0.394 e. The van der Waals surface area contributed by atoms with Crippen LogP contribution in [0.25, 0.3) is 0 Å². The number of aliphatic hydroxyl groups excluding tert-OH is 14. The number of hydrogen-bond donors (Lipinski definition) is 14. The van der Waals surface area contributed by atoms with E-state index in [9.17, 15) is 71.5 Å². The fraction of sp³-hybridized carbons (Fsp3) is 1.00. The second-order valence-corrected chi connectivity index (χ2v) is 11.2. The van der Waals surface area contributed by atoms with Gasteiger partial charge >= 0.3 is 0 Å². The van der Waals surface area contributed by atoms with Gasteiger partial charge < -0.3 is 105 Å². The van der Waals surface area contributed by atoms with Crippen LogP contribution >= 0.6 is 0 Å². The monoisotopic (exact) mass is 666 g/mol. The van der Waals surface area contributed by atoms with Crippen molar-refractivity contribution in [2.75, 3.05) is 26.4 Å². The Bertz CT molecular complexity index is 914. The molecule has 21 heteroatoms. The van der Waals surface area contributed by atoms with Crippen molar-refractivity contribution in [3.05, 3.63) is 0 Å². The van der Waals surface area contributed by atoms with Crippen LogP contribution in [0.3, 0.4) is 0 Å². The molecular weight excluding hydrogens is 624 g/mol. The predicted molar refractivity (Wildman–Crippen MR) is 134 cm³/mol. The van der Waals surface area contributed by atoms with Crippen molar-refractivity contribution in [1.29, 1.82) is 0 Å². The van der Waals surface area contributed by atoms with Crippen LogP contribution in [0.15, 0.2) is 0 Å². The summed E-state index contributed by atoms with van der Waals surface area (Å²) in [5.74, 6) is 0.